The zero-order chi connectivity index (χ0) is 16.2. The number of fused-ring (bicyclic) bond motifs is 1. The molecule has 118 valence electrons. The molecule has 2 aromatic heterocycles. The van der Waals surface area contributed by atoms with Gasteiger partial charge in [0.1, 0.15) is 5.82 Å². The SMILES string of the molecule is Cc1ccc(NC(=O)NCCc2nnc3ccccn23)cc1Cl. The van der Waals surface area contributed by atoms with Gasteiger partial charge in [0.05, 0.1) is 0 Å². The molecule has 0 aliphatic heterocycles. The standard InChI is InChI=1S/C16H16ClN5O/c1-11-5-6-12(10-13(11)17)19-16(23)18-8-7-15-21-20-14-4-2-3-9-22(14)15/h2-6,9-10H,7-8H2,1H3,(H2,18,19,23). The first-order valence-electron chi connectivity index (χ1n) is 7.23. The van der Waals surface area contributed by atoms with Gasteiger partial charge in [-0.15, -0.1) is 10.2 Å². The molecule has 7 heteroatoms. The van der Waals surface area contributed by atoms with E-state index in [1.807, 2.05) is 47.9 Å². The predicted molar refractivity (Wildman–Crippen MR) is 89.9 cm³/mol. The first-order valence-corrected chi connectivity index (χ1v) is 7.61. The second-order valence-electron chi connectivity index (χ2n) is 5.14. The second kappa shape index (κ2) is 6.66. The first-order chi connectivity index (χ1) is 11.1. The smallest absolute Gasteiger partial charge is 0.319 e. The van der Waals surface area contributed by atoms with Crippen molar-refractivity contribution < 1.29 is 4.79 Å². The van der Waals surface area contributed by atoms with E-state index in [4.69, 9.17) is 11.6 Å². The number of benzene rings is 1. The fourth-order valence-corrected chi connectivity index (χ4v) is 2.38. The monoisotopic (exact) mass is 329 g/mol. The summed E-state index contributed by atoms with van der Waals surface area (Å²) in [6.45, 7) is 2.37. The number of aryl methyl sites for hydroxylation is 1. The van der Waals surface area contributed by atoms with Crippen molar-refractivity contribution in [1.82, 2.24) is 19.9 Å². The van der Waals surface area contributed by atoms with Crippen molar-refractivity contribution in [2.45, 2.75) is 13.3 Å². The highest BCUT2D eigenvalue weighted by molar-refractivity contribution is 6.31. The number of anilines is 1. The van der Waals surface area contributed by atoms with E-state index in [0.717, 1.165) is 17.0 Å². The Kier molecular flexibility index (Phi) is 4.43. The Hall–Kier alpha value is -2.60. The number of rotatable bonds is 4. The summed E-state index contributed by atoms with van der Waals surface area (Å²) in [5.74, 6) is 0.805. The Morgan fingerprint density at radius 2 is 2.13 bits per heavy atom. The molecule has 0 saturated heterocycles. The molecule has 0 spiro atoms. The second-order valence-corrected chi connectivity index (χ2v) is 5.55. The molecule has 23 heavy (non-hydrogen) atoms. The highest BCUT2D eigenvalue weighted by Crippen LogP contribution is 2.19. The molecule has 1 aromatic carbocycles. The molecular formula is C16H16ClN5O. The molecule has 0 bridgehead atoms. The molecule has 0 aliphatic rings. The van der Waals surface area contributed by atoms with Gasteiger partial charge in [-0.2, -0.15) is 0 Å². The van der Waals surface area contributed by atoms with Crippen LogP contribution in [0.25, 0.3) is 5.65 Å². The molecule has 2 amide bonds. The minimum atomic E-state index is -0.279. The van der Waals surface area contributed by atoms with Gasteiger partial charge in [0, 0.05) is 29.9 Å². The van der Waals surface area contributed by atoms with Crippen LogP contribution in [0.4, 0.5) is 10.5 Å². The Bertz CT molecular complexity index is 845. The molecule has 3 aromatic rings. The Morgan fingerprint density at radius 1 is 1.26 bits per heavy atom. The third kappa shape index (κ3) is 3.60. The molecule has 2 heterocycles. The van der Waals surface area contributed by atoms with Crippen LogP contribution in [0.1, 0.15) is 11.4 Å². The third-order valence-electron chi connectivity index (χ3n) is 3.45. The summed E-state index contributed by atoms with van der Waals surface area (Å²) in [5.41, 5.74) is 2.42. The van der Waals surface area contributed by atoms with Crippen LogP contribution in [-0.4, -0.2) is 27.2 Å². The highest BCUT2D eigenvalue weighted by atomic mass is 35.5. The average Bonchev–Trinajstić information content (AvgIpc) is 2.94. The van der Waals surface area contributed by atoms with Gasteiger partial charge in [-0.1, -0.05) is 23.7 Å². The van der Waals surface area contributed by atoms with Gasteiger partial charge in [-0.25, -0.2) is 4.79 Å². The third-order valence-corrected chi connectivity index (χ3v) is 3.86. The number of urea groups is 1. The van der Waals surface area contributed by atoms with Crippen LogP contribution in [0.3, 0.4) is 0 Å². The topological polar surface area (TPSA) is 71.3 Å². The van der Waals surface area contributed by atoms with E-state index in [9.17, 15) is 4.79 Å². The summed E-state index contributed by atoms with van der Waals surface area (Å²) in [4.78, 5) is 11.9. The molecule has 2 N–H and O–H groups in total. The lowest BCUT2D eigenvalue weighted by Crippen LogP contribution is -2.30. The summed E-state index contributed by atoms with van der Waals surface area (Å²) in [6.07, 6.45) is 2.49. The van der Waals surface area contributed by atoms with Gasteiger partial charge >= 0.3 is 6.03 Å². The lowest BCUT2D eigenvalue weighted by atomic mass is 10.2. The maximum Gasteiger partial charge on any atom is 0.319 e. The number of hydrogen-bond acceptors (Lipinski definition) is 3. The van der Waals surface area contributed by atoms with Crippen molar-refractivity contribution in [1.29, 1.82) is 0 Å². The lowest BCUT2D eigenvalue weighted by molar-refractivity contribution is 0.252. The van der Waals surface area contributed by atoms with E-state index in [0.29, 0.717) is 23.7 Å². The quantitative estimate of drug-likeness (QED) is 0.772. The molecule has 3 rings (SSSR count). The van der Waals surface area contributed by atoms with Crippen LogP contribution in [0.15, 0.2) is 42.6 Å². The van der Waals surface area contributed by atoms with Gasteiger partial charge in [0.25, 0.3) is 0 Å². The summed E-state index contributed by atoms with van der Waals surface area (Å²) in [7, 11) is 0. The first kappa shape index (κ1) is 15.3. The average molecular weight is 330 g/mol. The number of nitrogens with zero attached hydrogens (tertiary/aromatic N) is 3. The highest BCUT2D eigenvalue weighted by Gasteiger charge is 2.06. The molecule has 0 atom stereocenters. The minimum absolute atomic E-state index is 0.279. The molecule has 0 saturated carbocycles. The van der Waals surface area contributed by atoms with Gasteiger partial charge in [0.15, 0.2) is 5.65 Å². The number of pyridine rings is 1. The van der Waals surface area contributed by atoms with Crippen LogP contribution >= 0.6 is 11.6 Å². The van der Waals surface area contributed by atoms with E-state index in [1.54, 1.807) is 6.07 Å². The molecule has 0 fully saturated rings. The number of carbonyl (C=O) groups is 1. The minimum Gasteiger partial charge on any atom is -0.337 e. The maximum absolute atomic E-state index is 11.9. The number of halogens is 1. The van der Waals surface area contributed by atoms with E-state index >= 15 is 0 Å². The van der Waals surface area contributed by atoms with E-state index in [-0.39, 0.29) is 6.03 Å². The van der Waals surface area contributed by atoms with Crippen molar-refractivity contribution in [3.05, 3.63) is 59.0 Å². The Morgan fingerprint density at radius 3 is 2.96 bits per heavy atom. The molecule has 6 nitrogen and oxygen atoms in total. The zero-order valence-electron chi connectivity index (χ0n) is 12.6. The van der Waals surface area contributed by atoms with Crippen LogP contribution < -0.4 is 10.6 Å². The number of amides is 2. The van der Waals surface area contributed by atoms with Gasteiger partial charge in [-0.05, 0) is 36.8 Å². The molecule has 0 radical (unpaired) electrons. The summed E-state index contributed by atoms with van der Waals surface area (Å²) in [6, 6.07) is 10.8. The number of nitrogens with one attached hydrogen (secondary N) is 2. The van der Waals surface area contributed by atoms with Gasteiger partial charge in [-0.3, -0.25) is 4.40 Å². The van der Waals surface area contributed by atoms with Crippen molar-refractivity contribution in [3.8, 4) is 0 Å². The van der Waals surface area contributed by atoms with Crippen molar-refractivity contribution in [2.75, 3.05) is 11.9 Å². The fourth-order valence-electron chi connectivity index (χ4n) is 2.20. The van der Waals surface area contributed by atoms with Crippen LogP contribution in [-0.2, 0) is 6.42 Å². The number of aromatic nitrogens is 3. The van der Waals surface area contributed by atoms with Crippen molar-refractivity contribution in [3.63, 3.8) is 0 Å². The van der Waals surface area contributed by atoms with E-state index < -0.39 is 0 Å². The molecular weight excluding hydrogens is 314 g/mol. The van der Waals surface area contributed by atoms with Gasteiger partial charge in [0.2, 0.25) is 0 Å². The zero-order valence-corrected chi connectivity index (χ0v) is 13.3. The fraction of sp³-hybridized carbons (Fsp3) is 0.188. The Balaban J connectivity index is 1.54. The summed E-state index contributed by atoms with van der Waals surface area (Å²) in [5, 5.41) is 14.4. The van der Waals surface area contributed by atoms with Crippen LogP contribution in [0.5, 0.6) is 0 Å². The lowest BCUT2D eigenvalue weighted by Gasteiger charge is -2.08. The van der Waals surface area contributed by atoms with E-state index in [2.05, 4.69) is 20.8 Å². The normalized spacial score (nSPS) is 10.7. The largest absolute Gasteiger partial charge is 0.337 e. The number of hydrogen-bond donors (Lipinski definition) is 2. The van der Waals surface area contributed by atoms with Gasteiger partial charge < -0.3 is 10.6 Å². The van der Waals surface area contributed by atoms with Crippen LogP contribution in [0, 0.1) is 6.92 Å². The maximum atomic E-state index is 11.9. The molecule has 0 unspecified atom stereocenters. The summed E-state index contributed by atoms with van der Waals surface area (Å²) < 4.78 is 1.90. The van der Waals surface area contributed by atoms with Crippen molar-refractivity contribution in [2.24, 2.45) is 0 Å². The molecule has 0 aliphatic carbocycles. The predicted octanol–water partition coefficient (Wildman–Crippen LogP) is 3.06. The van der Waals surface area contributed by atoms with Crippen molar-refractivity contribution >= 4 is 29.0 Å². The summed E-state index contributed by atoms with van der Waals surface area (Å²) >= 11 is 6.03. The Labute approximate surface area is 138 Å². The number of carbonyl (C=O) groups excluding carboxylic acids is 1. The van der Waals surface area contributed by atoms with Crippen LogP contribution in [0.2, 0.25) is 5.02 Å². The van der Waals surface area contributed by atoms with E-state index in [1.165, 1.54) is 0 Å².